The first kappa shape index (κ1) is 20.6. The minimum absolute atomic E-state index is 0.0254. The van der Waals surface area contributed by atoms with E-state index in [4.69, 9.17) is 10.5 Å². The molecule has 8 atom stereocenters. The zero-order valence-electron chi connectivity index (χ0n) is 17.3. The molecule has 28 heavy (non-hydrogen) atoms. The van der Waals surface area contributed by atoms with Crippen LogP contribution in [0.1, 0.15) is 65.2 Å². The van der Waals surface area contributed by atoms with E-state index in [1.165, 1.54) is 0 Å². The second-order valence-electron chi connectivity index (χ2n) is 10.7. The van der Waals surface area contributed by atoms with Gasteiger partial charge in [0.05, 0.1) is 19.3 Å². The Hall–Kier alpha value is -0.690. The summed E-state index contributed by atoms with van der Waals surface area (Å²) in [4.78, 5) is 11.5. The minimum atomic E-state index is -0.951. The first-order valence-electron chi connectivity index (χ1n) is 11.0. The van der Waals surface area contributed by atoms with E-state index < -0.39 is 23.1 Å². The van der Waals surface area contributed by atoms with Gasteiger partial charge in [-0.3, -0.25) is 4.79 Å². The number of rotatable bonds is 4. The lowest BCUT2D eigenvalue weighted by Gasteiger charge is -2.66. The van der Waals surface area contributed by atoms with Crippen LogP contribution in [0, 0.1) is 34.0 Å². The maximum absolute atomic E-state index is 11.5. The highest BCUT2D eigenvalue weighted by Gasteiger charge is 2.70. The molecule has 5 N–H and O–H groups in total. The molecule has 4 fully saturated rings. The molecule has 0 heterocycles. The van der Waals surface area contributed by atoms with Crippen LogP contribution in [-0.4, -0.2) is 52.8 Å². The molecule has 1 spiro atoms. The Morgan fingerprint density at radius 2 is 1.89 bits per heavy atom. The molecular weight excluding hydrogens is 358 g/mol. The Morgan fingerprint density at radius 1 is 1.14 bits per heavy atom. The molecule has 6 heteroatoms. The largest absolute Gasteiger partial charge is 0.462 e. The molecule has 6 nitrogen and oxygen atoms in total. The molecule has 4 saturated carbocycles. The Labute approximate surface area is 167 Å². The van der Waals surface area contributed by atoms with E-state index in [0.717, 1.165) is 44.9 Å². The summed E-state index contributed by atoms with van der Waals surface area (Å²) in [5.74, 6) is 0.539. The van der Waals surface area contributed by atoms with Gasteiger partial charge in [-0.15, -0.1) is 0 Å². The molecule has 0 radical (unpaired) electrons. The molecule has 0 aromatic rings. The minimum Gasteiger partial charge on any atom is -0.462 e. The summed E-state index contributed by atoms with van der Waals surface area (Å²) in [6.45, 7) is 4.37. The van der Waals surface area contributed by atoms with E-state index in [-0.39, 0.29) is 36.5 Å². The maximum atomic E-state index is 11.5. The van der Waals surface area contributed by atoms with Crippen molar-refractivity contribution in [1.29, 1.82) is 0 Å². The lowest BCUT2D eigenvalue weighted by molar-refractivity contribution is -0.217. The first-order chi connectivity index (χ1) is 13.1. The number of carbonyl (C=O) groups excluding carboxylic acids is 1. The predicted molar refractivity (Wildman–Crippen MR) is 104 cm³/mol. The highest BCUT2D eigenvalue weighted by Crippen LogP contribution is 2.75. The van der Waals surface area contributed by atoms with Crippen molar-refractivity contribution in [3.8, 4) is 0 Å². The molecular formula is C22H37NO5. The van der Waals surface area contributed by atoms with Gasteiger partial charge in [0.1, 0.15) is 12.2 Å². The number of hydrogen-bond donors (Lipinski definition) is 4. The van der Waals surface area contributed by atoms with Crippen molar-refractivity contribution in [2.45, 2.75) is 76.9 Å². The molecule has 0 amide bonds. The van der Waals surface area contributed by atoms with Crippen LogP contribution in [0.3, 0.4) is 0 Å². The van der Waals surface area contributed by atoms with E-state index in [1.54, 1.807) is 0 Å². The van der Waals surface area contributed by atoms with Gasteiger partial charge in [-0.25, -0.2) is 0 Å². The third kappa shape index (κ3) is 2.57. The molecule has 0 aromatic carbocycles. The quantitative estimate of drug-likeness (QED) is 0.538. The summed E-state index contributed by atoms with van der Waals surface area (Å²) >= 11 is 0. The number of ether oxygens (including phenoxy) is 1. The monoisotopic (exact) mass is 395 g/mol. The third-order valence-electron chi connectivity index (χ3n) is 9.92. The molecule has 160 valence electrons. The molecule has 2 unspecified atom stereocenters. The van der Waals surface area contributed by atoms with E-state index in [1.807, 2.05) is 0 Å². The molecule has 0 saturated heterocycles. The van der Waals surface area contributed by atoms with Gasteiger partial charge < -0.3 is 25.8 Å². The van der Waals surface area contributed by atoms with Crippen LogP contribution >= 0.6 is 0 Å². The van der Waals surface area contributed by atoms with Crippen LogP contribution in [0.2, 0.25) is 0 Å². The van der Waals surface area contributed by atoms with Gasteiger partial charge in [0.15, 0.2) is 0 Å². The fourth-order valence-corrected chi connectivity index (χ4v) is 8.18. The standard InChI is InChI=1S/C22H37NO5/c1-19(12-24)16-4-3-14-9-15-10-21(14,20(16,2)6-5-17(19)25)7-8-22(15,27)13-28-18(26)11-23/h14-17,24-25,27H,3-13,23H2,1-2H3/t14-,15+,16-,17+,19?,20?,21-,22-/m0/s1. The lowest BCUT2D eigenvalue weighted by atomic mass is 9.39. The zero-order valence-corrected chi connectivity index (χ0v) is 17.3. The fourth-order valence-electron chi connectivity index (χ4n) is 8.18. The van der Waals surface area contributed by atoms with Crippen LogP contribution in [0.25, 0.3) is 0 Å². The summed E-state index contributed by atoms with van der Waals surface area (Å²) in [5, 5.41) is 32.2. The summed E-state index contributed by atoms with van der Waals surface area (Å²) < 4.78 is 5.25. The SMILES string of the molecule is CC1(CO)[C@H](O)CCC2(C)[C@H]1CC[C@H]1C[C@@H]3C[C@@]12CC[C@]3(O)COC(=O)CN. The van der Waals surface area contributed by atoms with Gasteiger partial charge in [0.2, 0.25) is 0 Å². The molecule has 2 bridgehead atoms. The smallest absolute Gasteiger partial charge is 0.319 e. The van der Waals surface area contributed by atoms with E-state index >= 15 is 0 Å². The predicted octanol–water partition coefficient (Wildman–Crippen LogP) is 1.60. The fraction of sp³-hybridized carbons (Fsp3) is 0.955. The summed E-state index contributed by atoms with van der Waals surface area (Å²) in [7, 11) is 0. The normalized spacial score (nSPS) is 52.6. The molecule has 0 aromatic heterocycles. The second kappa shape index (κ2) is 6.66. The molecule has 4 aliphatic rings. The van der Waals surface area contributed by atoms with E-state index in [0.29, 0.717) is 18.3 Å². The average molecular weight is 396 g/mol. The second-order valence-corrected chi connectivity index (χ2v) is 10.7. The zero-order chi connectivity index (χ0) is 20.4. The van der Waals surface area contributed by atoms with Crippen molar-refractivity contribution in [1.82, 2.24) is 0 Å². The van der Waals surface area contributed by atoms with Crippen molar-refractivity contribution in [3.05, 3.63) is 0 Å². The van der Waals surface area contributed by atoms with E-state index in [2.05, 4.69) is 13.8 Å². The average Bonchev–Trinajstić information content (AvgIpc) is 3.04. The summed E-state index contributed by atoms with van der Waals surface area (Å²) in [6.07, 6.45) is 6.91. The lowest BCUT2D eigenvalue weighted by Crippen LogP contribution is -2.63. The Bertz CT molecular complexity index is 642. The number of hydrogen-bond acceptors (Lipinski definition) is 6. The van der Waals surface area contributed by atoms with Gasteiger partial charge in [-0.1, -0.05) is 13.8 Å². The van der Waals surface area contributed by atoms with Gasteiger partial charge in [-0.05, 0) is 80.0 Å². The number of aliphatic hydroxyl groups is 3. The van der Waals surface area contributed by atoms with Crippen molar-refractivity contribution in [2.75, 3.05) is 19.8 Å². The maximum Gasteiger partial charge on any atom is 0.319 e. The molecule has 4 rings (SSSR count). The number of aliphatic hydroxyl groups excluding tert-OH is 2. The van der Waals surface area contributed by atoms with Crippen LogP contribution in [0.15, 0.2) is 0 Å². The first-order valence-corrected chi connectivity index (χ1v) is 11.0. The number of esters is 1. The summed E-state index contributed by atoms with van der Waals surface area (Å²) in [6, 6.07) is 0. The van der Waals surface area contributed by atoms with Crippen LogP contribution in [-0.2, 0) is 9.53 Å². The van der Waals surface area contributed by atoms with Crippen LogP contribution in [0.4, 0.5) is 0 Å². The van der Waals surface area contributed by atoms with Gasteiger partial charge >= 0.3 is 5.97 Å². The number of carbonyl (C=O) groups is 1. The highest BCUT2D eigenvalue weighted by molar-refractivity contribution is 5.71. The van der Waals surface area contributed by atoms with Gasteiger partial charge in [0.25, 0.3) is 0 Å². The van der Waals surface area contributed by atoms with Crippen LogP contribution < -0.4 is 5.73 Å². The molecule has 0 aliphatic heterocycles. The molecule has 4 aliphatic carbocycles. The van der Waals surface area contributed by atoms with Crippen molar-refractivity contribution in [3.63, 3.8) is 0 Å². The Balaban J connectivity index is 1.62. The van der Waals surface area contributed by atoms with Crippen molar-refractivity contribution in [2.24, 2.45) is 39.7 Å². The number of nitrogens with two attached hydrogens (primary N) is 1. The van der Waals surface area contributed by atoms with E-state index in [9.17, 15) is 20.1 Å². The van der Waals surface area contributed by atoms with Gasteiger partial charge in [-0.2, -0.15) is 0 Å². The van der Waals surface area contributed by atoms with Crippen LogP contribution in [0.5, 0.6) is 0 Å². The topological polar surface area (TPSA) is 113 Å². The number of fused-ring (bicyclic) bond motifs is 2. The van der Waals surface area contributed by atoms with Gasteiger partial charge in [0, 0.05) is 5.41 Å². The van der Waals surface area contributed by atoms with Crippen molar-refractivity contribution >= 4 is 5.97 Å². The third-order valence-corrected chi connectivity index (χ3v) is 9.92. The Morgan fingerprint density at radius 3 is 2.57 bits per heavy atom. The summed E-state index contributed by atoms with van der Waals surface area (Å²) in [5.41, 5.74) is 4.16. The van der Waals surface area contributed by atoms with Crippen molar-refractivity contribution < 1.29 is 24.9 Å². The highest BCUT2D eigenvalue weighted by atomic mass is 16.5. The Kier molecular flexibility index (Phi) is 4.89.